The molecule has 2 aliphatic heterocycles. The third kappa shape index (κ3) is 9.76. The first kappa shape index (κ1) is 44.4. The van der Waals surface area contributed by atoms with E-state index in [4.69, 9.17) is 46.0 Å². The molecule has 6 aromatic rings. The molecule has 2 aromatic heterocycles. The number of hydrogen-bond acceptors (Lipinski definition) is 12. The number of nitrogens with one attached hydrogen (secondary N) is 2. The number of aliphatic hydroxyl groups is 1. The maximum absolute atomic E-state index is 12.5. The molecular formula is C45H28N8O10. The summed E-state index contributed by atoms with van der Waals surface area (Å²) in [5, 5.41) is 80.2. The number of aldehydes is 1. The quantitative estimate of drug-likeness (QED) is 0.0861. The van der Waals surface area contributed by atoms with E-state index < -0.39 is 29.9 Å². The van der Waals surface area contributed by atoms with E-state index in [9.17, 15) is 24.6 Å². The molecule has 0 bridgehead atoms. The number of nitriles is 4. The minimum atomic E-state index is -1.43. The number of carbonyl (C=O) groups excluding carboxylic acids is 3. The molecule has 18 heteroatoms. The van der Waals surface area contributed by atoms with Crippen molar-refractivity contribution in [1.29, 1.82) is 21.0 Å². The molecule has 308 valence electrons. The second-order valence-corrected chi connectivity index (χ2v) is 13.0. The number of aliphatic imine (C=N–C) groups is 2. The van der Waals surface area contributed by atoms with Crippen molar-refractivity contribution >= 4 is 41.5 Å². The van der Waals surface area contributed by atoms with Crippen LogP contribution in [0.15, 0.2) is 107 Å². The zero-order valence-corrected chi connectivity index (χ0v) is 32.4. The highest BCUT2D eigenvalue weighted by atomic mass is 16.4. The largest absolute Gasteiger partial charge is 0.494 e. The number of carbonyl (C=O) groups is 5. The van der Waals surface area contributed by atoms with Gasteiger partial charge in [0.1, 0.15) is 6.10 Å². The Kier molecular flexibility index (Phi) is 13.6. The van der Waals surface area contributed by atoms with Gasteiger partial charge in [-0.05, 0) is 55.5 Å². The zero-order valence-electron chi connectivity index (χ0n) is 32.4. The predicted molar refractivity (Wildman–Crippen MR) is 220 cm³/mol. The number of rotatable bonds is 6. The van der Waals surface area contributed by atoms with Gasteiger partial charge in [-0.1, -0.05) is 48.5 Å². The molecule has 0 radical (unpaired) electrons. The van der Waals surface area contributed by atoms with Crippen LogP contribution in [0.3, 0.4) is 0 Å². The molecule has 4 heterocycles. The van der Waals surface area contributed by atoms with E-state index in [1.54, 1.807) is 97.1 Å². The van der Waals surface area contributed by atoms with Gasteiger partial charge in [0.05, 0.1) is 91.6 Å². The Morgan fingerprint density at radius 2 is 0.873 bits per heavy atom. The van der Waals surface area contributed by atoms with Crippen LogP contribution in [0.4, 0.5) is 0 Å². The molecule has 0 saturated heterocycles. The molecule has 2 aliphatic rings. The maximum Gasteiger partial charge on any atom is 0.368 e. The number of aromatic nitrogens is 2. The second kappa shape index (κ2) is 19.3. The highest BCUT2D eigenvalue weighted by molar-refractivity contribution is 6.31. The van der Waals surface area contributed by atoms with Gasteiger partial charge in [0, 0.05) is 22.3 Å². The average Bonchev–Trinajstić information content (AvgIpc) is 4.05. The summed E-state index contributed by atoms with van der Waals surface area (Å²) in [6.07, 6.45) is -1.40. The minimum absolute atomic E-state index is 0.167. The highest BCUT2D eigenvalue weighted by Gasteiger charge is 2.35. The molecule has 1 unspecified atom stereocenters. The van der Waals surface area contributed by atoms with Gasteiger partial charge < -0.3 is 35.5 Å². The van der Waals surface area contributed by atoms with Crippen molar-refractivity contribution in [1.82, 2.24) is 9.97 Å². The van der Waals surface area contributed by atoms with Gasteiger partial charge in [0.2, 0.25) is 6.29 Å². The summed E-state index contributed by atoms with van der Waals surface area (Å²) < 4.78 is 0. The molecule has 0 aliphatic carbocycles. The molecular weight excluding hydrogens is 813 g/mol. The lowest BCUT2D eigenvalue weighted by molar-refractivity contribution is -0.145. The minimum Gasteiger partial charge on any atom is -0.494 e. The van der Waals surface area contributed by atoms with Crippen LogP contribution in [-0.2, 0) is 14.4 Å². The number of H-pyrrole nitrogens is 2. The number of aliphatic carboxylic acids is 2. The molecule has 0 fully saturated rings. The van der Waals surface area contributed by atoms with Gasteiger partial charge >= 0.3 is 11.9 Å². The number of carboxylic acids is 2. The van der Waals surface area contributed by atoms with Crippen molar-refractivity contribution in [2.75, 3.05) is 0 Å². The van der Waals surface area contributed by atoms with Crippen molar-refractivity contribution in [3.05, 3.63) is 153 Å². The normalized spacial score (nSPS) is 11.9. The molecule has 8 rings (SSSR count). The van der Waals surface area contributed by atoms with E-state index in [1.165, 1.54) is 6.92 Å². The highest BCUT2D eigenvalue weighted by Crippen LogP contribution is 2.39. The Balaban J connectivity index is 0.000000193. The summed E-state index contributed by atoms with van der Waals surface area (Å²) >= 11 is 0. The molecule has 7 N–H and O–H groups in total. The zero-order chi connectivity index (χ0) is 46.0. The summed E-state index contributed by atoms with van der Waals surface area (Å²) in [6.45, 7) is 1.20. The summed E-state index contributed by atoms with van der Waals surface area (Å²) in [5.41, 5.74) is 6.71. The molecule has 63 heavy (non-hydrogen) atoms. The predicted octanol–water partition coefficient (Wildman–Crippen LogP) is 4.97. The topological polar surface area (TPSA) is 338 Å². The van der Waals surface area contributed by atoms with E-state index in [1.807, 2.05) is 24.3 Å². The Bertz CT molecular complexity index is 2900. The molecule has 18 nitrogen and oxygen atoms in total. The summed E-state index contributed by atoms with van der Waals surface area (Å²) in [5.74, 6) is -3.92. The number of fused-ring (bicyclic) bond motifs is 2. The Morgan fingerprint density at radius 1 is 0.587 bits per heavy atom. The van der Waals surface area contributed by atoms with Crippen molar-refractivity contribution in [2.45, 2.75) is 13.0 Å². The fourth-order valence-corrected chi connectivity index (χ4v) is 6.10. The molecule has 0 spiro atoms. The van der Waals surface area contributed by atoms with Crippen molar-refractivity contribution in [3.8, 4) is 58.6 Å². The lowest BCUT2D eigenvalue weighted by atomic mass is 9.99. The van der Waals surface area contributed by atoms with Crippen LogP contribution in [0.2, 0.25) is 0 Å². The third-order valence-corrected chi connectivity index (χ3v) is 8.84. The van der Waals surface area contributed by atoms with Crippen molar-refractivity contribution < 1.29 is 49.5 Å². The second-order valence-electron chi connectivity index (χ2n) is 13.0. The first-order chi connectivity index (χ1) is 30.1. The number of carboxylic acid groups (broad SMARTS) is 2. The van der Waals surface area contributed by atoms with Crippen LogP contribution < -0.4 is 0 Å². The fourth-order valence-electron chi connectivity index (χ4n) is 6.10. The van der Waals surface area contributed by atoms with Gasteiger partial charge in [0.15, 0.2) is 11.8 Å². The van der Waals surface area contributed by atoms with E-state index in [0.717, 1.165) is 0 Å². The Hall–Kier alpha value is -9.75. The van der Waals surface area contributed by atoms with Crippen LogP contribution in [0, 0.1) is 45.3 Å². The van der Waals surface area contributed by atoms with Crippen LogP contribution >= 0.6 is 0 Å². The van der Waals surface area contributed by atoms with Gasteiger partial charge in [-0.3, -0.25) is 14.4 Å². The Morgan fingerprint density at radius 3 is 1.14 bits per heavy atom. The first-order valence-electron chi connectivity index (χ1n) is 17.9. The van der Waals surface area contributed by atoms with E-state index in [0.29, 0.717) is 78.4 Å². The monoisotopic (exact) mass is 840 g/mol. The lowest BCUT2D eigenvalue weighted by Crippen LogP contribution is -2.13. The number of amides is 2. The first-order valence-corrected chi connectivity index (χ1v) is 17.9. The number of aromatic hydroxyl groups is 2. The molecule has 0 saturated carbocycles. The summed E-state index contributed by atoms with van der Waals surface area (Å²) in [6, 6.07) is 35.0. The van der Waals surface area contributed by atoms with Gasteiger partial charge in [-0.15, -0.1) is 0 Å². The van der Waals surface area contributed by atoms with Crippen LogP contribution in [0.1, 0.15) is 72.1 Å². The van der Waals surface area contributed by atoms with Gasteiger partial charge in [-0.25, -0.2) is 19.6 Å². The lowest BCUT2D eigenvalue weighted by Gasteiger charge is -2.01. The van der Waals surface area contributed by atoms with Gasteiger partial charge in [-0.2, -0.15) is 21.0 Å². The maximum atomic E-state index is 12.5. The number of hydrogen-bond donors (Lipinski definition) is 7. The van der Waals surface area contributed by atoms with Crippen molar-refractivity contribution in [3.63, 3.8) is 0 Å². The van der Waals surface area contributed by atoms with E-state index in [-0.39, 0.29) is 29.2 Å². The van der Waals surface area contributed by atoms with Crippen LogP contribution in [0.5, 0.6) is 11.8 Å². The average molecular weight is 841 g/mol. The van der Waals surface area contributed by atoms with Crippen LogP contribution in [-0.4, -0.2) is 83.1 Å². The Labute approximate surface area is 355 Å². The third-order valence-electron chi connectivity index (χ3n) is 8.84. The van der Waals surface area contributed by atoms with Gasteiger partial charge in [0.25, 0.3) is 11.8 Å². The number of benzene rings is 4. The standard InChI is InChI=1S/2C20H10N4O2.C3H6O3.C2H2O3/c2*21-9-11-3-1-5-13(7-11)17-15-16(20(26)23-17)18(24-19(15)25)14-6-2-4-12(8-14)10-22;1-2(4)3(5)6;3-1-2(4)5/h2*1-8,23,26H;2,4H,1H3,(H,5,6);1H,(H,4,5). The summed E-state index contributed by atoms with van der Waals surface area (Å²) in [7, 11) is 0. The molecule has 2 amide bonds. The van der Waals surface area contributed by atoms with E-state index in [2.05, 4.69) is 20.0 Å². The SMILES string of the molecule is CC(O)C(=O)O.N#Cc1cccc(C2=NC(=O)c3c(-c4cccc(C#N)c4)[nH]c(O)c32)c1.N#Cc1cccc(C2=NC(=O)c3c(-c4cccc(C#N)c4)[nH]c(O)c32)c1.O=CC(=O)O. The van der Waals surface area contributed by atoms with Crippen LogP contribution in [0.25, 0.3) is 22.5 Å². The molecule has 4 aromatic carbocycles. The van der Waals surface area contributed by atoms with Crippen molar-refractivity contribution in [2.24, 2.45) is 9.98 Å². The molecule has 1 atom stereocenters. The smallest absolute Gasteiger partial charge is 0.368 e. The number of aromatic amines is 2. The van der Waals surface area contributed by atoms with E-state index >= 15 is 0 Å². The number of aliphatic hydroxyl groups excluding tert-OH is 1. The summed E-state index contributed by atoms with van der Waals surface area (Å²) in [4.78, 5) is 66.2. The number of nitrogens with zero attached hydrogens (tertiary/aromatic N) is 6. The fraction of sp³-hybridized carbons (Fsp3) is 0.0444.